The molecule has 0 aromatic heterocycles. The second-order valence-corrected chi connectivity index (χ2v) is 2.13. The highest BCUT2D eigenvalue weighted by Gasteiger charge is 2.19. The topological polar surface area (TPSA) is 57.1 Å². The van der Waals surface area contributed by atoms with Gasteiger partial charge in [-0.25, -0.2) is 5.01 Å². The highest BCUT2D eigenvalue weighted by Crippen LogP contribution is 2.02. The van der Waals surface area contributed by atoms with E-state index in [1.165, 1.54) is 5.01 Å². The lowest BCUT2D eigenvalue weighted by molar-refractivity contribution is -0.112. The van der Waals surface area contributed by atoms with Crippen molar-refractivity contribution in [3.63, 3.8) is 0 Å². The van der Waals surface area contributed by atoms with Crippen LogP contribution in [0.5, 0.6) is 0 Å². The summed E-state index contributed by atoms with van der Waals surface area (Å²) in [4.78, 5) is 10.2. The summed E-state index contributed by atoms with van der Waals surface area (Å²) in [6.07, 6.45) is 0.297. The molecule has 1 aliphatic rings. The van der Waals surface area contributed by atoms with Crippen LogP contribution in [0, 0.1) is 0 Å². The highest BCUT2D eigenvalue weighted by atomic mass is 35.5. The Morgan fingerprint density at radius 3 is 3.20 bits per heavy atom. The zero-order chi connectivity index (χ0) is 7.40. The number of hydrogen-bond donors (Lipinski definition) is 1. The molecule has 0 amide bonds. The van der Waals surface area contributed by atoms with Crippen LogP contribution in [0.3, 0.4) is 0 Å². The van der Waals surface area contributed by atoms with Crippen molar-refractivity contribution in [2.75, 3.05) is 12.4 Å². The van der Waals surface area contributed by atoms with Gasteiger partial charge in [0.2, 0.25) is 0 Å². The molecule has 0 saturated carbocycles. The Hall–Kier alpha value is -0.840. The molecular weight excluding hydrogens is 156 g/mol. The van der Waals surface area contributed by atoms with Gasteiger partial charge in [0.25, 0.3) is 0 Å². The van der Waals surface area contributed by atoms with Crippen molar-refractivity contribution in [3.05, 3.63) is 0 Å². The number of nitrogens with one attached hydrogen (secondary N) is 1. The molecule has 0 aromatic carbocycles. The van der Waals surface area contributed by atoms with Gasteiger partial charge in [0.1, 0.15) is 0 Å². The zero-order valence-corrected chi connectivity index (χ0v) is 5.95. The Morgan fingerprint density at radius 1 is 1.80 bits per heavy atom. The van der Waals surface area contributed by atoms with Crippen molar-refractivity contribution in [2.45, 2.75) is 6.17 Å². The average molecular weight is 163 g/mol. The zero-order valence-electron chi connectivity index (χ0n) is 5.20. The fourth-order valence-corrected chi connectivity index (χ4v) is 0.809. The predicted molar refractivity (Wildman–Crippen MR) is 35.3 cm³/mol. The summed E-state index contributed by atoms with van der Waals surface area (Å²) < 4.78 is 0. The minimum Gasteiger partial charge on any atom is -0.299 e. The molecule has 1 heterocycles. The smallest absolute Gasteiger partial charge is 0.190 e. The first-order valence-electron chi connectivity index (χ1n) is 2.82. The van der Waals surface area contributed by atoms with Gasteiger partial charge >= 0.3 is 0 Å². The summed E-state index contributed by atoms with van der Waals surface area (Å²) in [7, 11) is 0. The SMILES string of the molecule is O=CC1NN=NN1CCCl. The lowest BCUT2D eigenvalue weighted by atomic mass is 10.5. The number of carbonyl (C=O) groups excluding carboxylic acids is 1. The number of rotatable bonds is 3. The standard InChI is InChI=1S/C4H7ClN4O/c5-1-2-9-4(3-10)6-7-8-9/h3-4H,1-2H2,(H,6,8). The van der Waals surface area contributed by atoms with E-state index in [0.717, 1.165) is 6.29 Å². The van der Waals surface area contributed by atoms with Crippen molar-refractivity contribution in [2.24, 2.45) is 10.4 Å². The van der Waals surface area contributed by atoms with E-state index in [2.05, 4.69) is 15.9 Å². The number of nitrogens with zero attached hydrogens (tertiary/aromatic N) is 3. The van der Waals surface area contributed by atoms with Gasteiger partial charge in [-0.1, -0.05) is 10.4 Å². The summed E-state index contributed by atoms with van der Waals surface area (Å²) in [6.45, 7) is 0.529. The van der Waals surface area contributed by atoms with E-state index >= 15 is 0 Å². The highest BCUT2D eigenvalue weighted by molar-refractivity contribution is 6.18. The summed E-state index contributed by atoms with van der Waals surface area (Å²) in [6, 6.07) is 0. The molecule has 1 unspecified atom stereocenters. The number of aldehydes is 1. The first-order chi connectivity index (χ1) is 4.88. The van der Waals surface area contributed by atoms with Crippen LogP contribution in [-0.2, 0) is 4.79 Å². The summed E-state index contributed by atoms with van der Waals surface area (Å²) in [5.74, 6) is 0.436. The first-order valence-corrected chi connectivity index (χ1v) is 3.36. The molecule has 0 aliphatic carbocycles. The van der Waals surface area contributed by atoms with Gasteiger partial charge in [0, 0.05) is 5.88 Å². The van der Waals surface area contributed by atoms with Crippen LogP contribution in [0.25, 0.3) is 0 Å². The van der Waals surface area contributed by atoms with E-state index in [1.54, 1.807) is 0 Å². The first kappa shape index (κ1) is 7.27. The molecule has 5 nitrogen and oxygen atoms in total. The van der Waals surface area contributed by atoms with Crippen molar-refractivity contribution in [3.8, 4) is 0 Å². The predicted octanol–water partition coefficient (Wildman–Crippen LogP) is -0.0624. The molecule has 1 aliphatic heterocycles. The van der Waals surface area contributed by atoms with Gasteiger partial charge in [0.05, 0.1) is 6.54 Å². The van der Waals surface area contributed by atoms with Crippen LogP contribution >= 0.6 is 11.6 Å². The van der Waals surface area contributed by atoms with Crippen LogP contribution < -0.4 is 5.43 Å². The van der Waals surface area contributed by atoms with Gasteiger partial charge in [-0.2, -0.15) is 0 Å². The second kappa shape index (κ2) is 3.36. The van der Waals surface area contributed by atoms with Crippen molar-refractivity contribution < 1.29 is 4.79 Å². The molecular formula is C4H7ClN4O. The molecule has 1 atom stereocenters. The van der Waals surface area contributed by atoms with Crippen molar-refractivity contribution in [1.82, 2.24) is 10.4 Å². The quantitative estimate of drug-likeness (QED) is 0.467. The molecule has 1 N–H and O–H groups in total. The Balaban J connectivity index is 2.40. The molecule has 0 fully saturated rings. The van der Waals surface area contributed by atoms with E-state index < -0.39 is 6.17 Å². The third kappa shape index (κ3) is 1.36. The molecule has 0 spiro atoms. The normalized spacial score (nSPS) is 22.9. The third-order valence-corrected chi connectivity index (χ3v) is 1.28. The number of halogens is 1. The van der Waals surface area contributed by atoms with Crippen LogP contribution in [-0.4, -0.2) is 29.9 Å². The third-order valence-electron chi connectivity index (χ3n) is 1.11. The van der Waals surface area contributed by atoms with Crippen molar-refractivity contribution in [1.29, 1.82) is 0 Å². The van der Waals surface area contributed by atoms with E-state index in [9.17, 15) is 4.79 Å². The summed E-state index contributed by atoms with van der Waals surface area (Å²) in [5.41, 5.74) is 2.50. The Labute approximate surface area is 63.0 Å². The van der Waals surface area contributed by atoms with E-state index in [-0.39, 0.29) is 0 Å². The van der Waals surface area contributed by atoms with Gasteiger partial charge in [-0.05, 0) is 0 Å². The molecule has 0 radical (unpaired) electrons. The van der Waals surface area contributed by atoms with Crippen LogP contribution in [0.15, 0.2) is 10.4 Å². The fraction of sp³-hybridized carbons (Fsp3) is 0.750. The monoisotopic (exact) mass is 162 g/mol. The van der Waals surface area contributed by atoms with Gasteiger partial charge in [0.15, 0.2) is 12.5 Å². The Bertz CT molecular complexity index is 150. The maximum absolute atomic E-state index is 10.2. The van der Waals surface area contributed by atoms with Gasteiger partial charge < -0.3 is 0 Å². The minimum absolute atomic E-state index is 0.432. The van der Waals surface area contributed by atoms with E-state index in [1.807, 2.05) is 0 Å². The summed E-state index contributed by atoms with van der Waals surface area (Å²) >= 11 is 5.42. The van der Waals surface area contributed by atoms with Crippen LogP contribution in [0.2, 0.25) is 0 Å². The Kier molecular flexibility index (Phi) is 2.44. The molecule has 6 heteroatoms. The largest absolute Gasteiger partial charge is 0.299 e. The lowest BCUT2D eigenvalue weighted by Crippen LogP contribution is -2.37. The maximum Gasteiger partial charge on any atom is 0.190 e. The molecule has 0 bridgehead atoms. The van der Waals surface area contributed by atoms with Crippen LogP contribution in [0.1, 0.15) is 0 Å². The fourth-order valence-electron chi connectivity index (χ4n) is 0.636. The van der Waals surface area contributed by atoms with Crippen molar-refractivity contribution >= 4 is 17.9 Å². The maximum atomic E-state index is 10.2. The van der Waals surface area contributed by atoms with E-state index in [0.29, 0.717) is 12.4 Å². The number of alkyl halides is 1. The summed E-state index contributed by atoms with van der Waals surface area (Å²) in [5, 5.41) is 8.54. The number of hydrogen-bond acceptors (Lipinski definition) is 5. The van der Waals surface area contributed by atoms with Gasteiger partial charge in [-0.3, -0.25) is 10.2 Å². The average Bonchev–Trinajstić information content (AvgIpc) is 2.36. The Morgan fingerprint density at radius 2 is 2.60 bits per heavy atom. The second-order valence-electron chi connectivity index (χ2n) is 1.75. The molecule has 0 saturated heterocycles. The number of carbonyl (C=O) groups is 1. The molecule has 10 heavy (non-hydrogen) atoms. The molecule has 1 rings (SSSR count). The molecule has 56 valence electrons. The van der Waals surface area contributed by atoms with Crippen LogP contribution in [0.4, 0.5) is 0 Å². The minimum atomic E-state index is -0.432. The molecule has 0 aromatic rings. The van der Waals surface area contributed by atoms with E-state index in [4.69, 9.17) is 11.6 Å². The van der Waals surface area contributed by atoms with Gasteiger partial charge in [-0.15, -0.1) is 11.6 Å². The lowest BCUT2D eigenvalue weighted by Gasteiger charge is -2.13.